The van der Waals surface area contributed by atoms with Crippen molar-refractivity contribution in [3.8, 4) is 0 Å². The van der Waals surface area contributed by atoms with Gasteiger partial charge in [0.1, 0.15) is 0 Å². The van der Waals surface area contributed by atoms with E-state index in [1.54, 1.807) is 36.5 Å². The molecule has 1 saturated heterocycles. The van der Waals surface area contributed by atoms with Gasteiger partial charge in [-0.1, -0.05) is 32.4 Å². The second kappa shape index (κ2) is 10.7. The number of fused-ring (bicyclic) bond motifs is 2. The van der Waals surface area contributed by atoms with Gasteiger partial charge in [-0.2, -0.15) is 0 Å². The molecule has 0 saturated carbocycles. The molecular formula is C27H38N6O2. The largest absolute Gasteiger partial charge is 0.331 e. The molecule has 2 aromatic rings. The summed E-state index contributed by atoms with van der Waals surface area (Å²) >= 11 is 0. The number of carbonyl (C=O) groups excluding carboxylic acids is 2. The number of urea groups is 1. The molecule has 3 heterocycles. The second-order valence-electron chi connectivity index (χ2n) is 10.1. The zero-order chi connectivity index (χ0) is 25.0. The number of hydrogen-bond donors (Lipinski definition) is 2. The van der Waals surface area contributed by atoms with Gasteiger partial charge in [-0.15, -0.1) is 0 Å². The van der Waals surface area contributed by atoms with Gasteiger partial charge in [0, 0.05) is 30.9 Å². The number of aromatic nitrogens is 1. The number of rotatable bonds is 7. The first-order valence-corrected chi connectivity index (χ1v) is 12.8. The van der Waals surface area contributed by atoms with Gasteiger partial charge in [0.05, 0.1) is 16.9 Å². The third-order valence-electron chi connectivity index (χ3n) is 7.00. The minimum atomic E-state index is -0.483. The van der Waals surface area contributed by atoms with E-state index in [-0.39, 0.29) is 11.9 Å². The van der Waals surface area contributed by atoms with E-state index in [0.717, 1.165) is 32.7 Å². The molecule has 188 valence electrons. The van der Waals surface area contributed by atoms with Gasteiger partial charge in [-0.05, 0) is 70.6 Å². The van der Waals surface area contributed by atoms with E-state index in [1.807, 2.05) is 6.07 Å². The van der Waals surface area contributed by atoms with Crippen LogP contribution in [0.2, 0.25) is 0 Å². The van der Waals surface area contributed by atoms with Gasteiger partial charge in [-0.3, -0.25) is 9.69 Å². The van der Waals surface area contributed by atoms with Crippen molar-refractivity contribution in [1.82, 2.24) is 20.1 Å². The van der Waals surface area contributed by atoms with Crippen LogP contribution < -0.4 is 15.5 Å². The highest BCUT2D eigenvalue weighted by Gasteiger charge is 2.35. The lowest BCUT2D eigenvalue weighted by molar-refractivity contribution is 0.0851. The summed E-state index contributed by atoms with van der Waals surface area (Å²) in [5, 5.41) is 6.14. The minimum Gasteiger partial charge on any atom is -0.331 e. The van der Waals surface area contributed by atoms with Crippen LogP contribution >= 0.6 is 0 Å². The SMILES string of the molecule is CCN(CC)CC1CCCCN1CC(C)(C)NC(=O)N1c2ccccc2C(=O)Nc2cccnc21. The molecule has 0 spiro atoms. The zero-order valence-corrected chi connectivity index (χ0v) is 21.4. The van der Waals surface area contributed by atoms with Crippen molar-refractivity contribution in [3.63, 3.8) is 0 Å². The van der Waals surface area contributed by atoms with Gasteiger partial charge in [0.15, 0.2) is 5.82 Å². The zero-order valence-electron chi connectivity index (χ0n) is 21.4. The number of para-hydroxylation sites is 1. The molecular weight excluding hydrogens is 440 g/mol. The summed E-state index contributed by atoms with van der Waals surface area (Å²) in [7, 11) is 0. The molecule has 8 nitrogen and oxygen atoms in total. The molecule has 1 fully saturated rings. The van der Waals surface area contributed by atoms with Crippen LogP contribution in [0.3, 0.4) is 0 Å². The normalized spacial score (nSPS) is 18.5. The number of likely N-dealkylation sites (N-methyl/N-ethyl adjacent to an activating group) is 1. The van der Waals surface area contributed by atoms with Crippen LogP contribution in [0, 0.1) is 0 Å². The second-order valence-corrected chi connectivity index (χ2v) is 10.1. The van der Waals surface area contributed by atoms with Crippen molar-refractivity contribution >= 4 is 29.1 Å². The molecule has 4 rings (SSSR count). The predicted octanol–water partition coefficient (Wildman–Crippen LogP) is 4.47. The monoisotopic (exact) mass is 478 g/mol. The van der Waals surface area contributed by atoms with Crippen LogP contribution in [0.15, 0.2) is 42.6 Å². The van der Waals surface area contributed by atoms with Crippen molar-refractivity contribution < 1.29 is 9.59 Å². The van der Waals surface area contributed by atoms with Crippen molar-refractivity contribution in [2.24, 2.45) is 0 Å². The minimum absolute atomic E-state index is 0.253. The van der Waals surface area contributed by atoms with Crippen LogP contribution in [-0.4, -0.2) is 71.0 Å². The van der Waals surface area contributed by atoms with Gasteiger partial charge < -0.3 is 15.5 Å². The molecule has 8 heteroatoms. The van der Waals surface area contributed by atoms with E-state index in [9.17, 15) is 9.59 Å². The number of benzene rings is 1. The third kappa shape index (κ3) is 5.65. The van der Waals surface area contributed by atoms with Gasteiger partial charge in [0.25, 0.3) is 5.91 Å². The average Bonchev–Trinajstić information content (AvgIpc) is 2.96. The molecule has 0 aliphatic carbocycles. The Morgan fingerprint density at radius 3 is 2.71 bits per heavy atom. The highest BCUT2D eigenvalue weighted by atomic mass is 16.2. The molecule has 3 amide bonds. The Morgan fingerprint density at radius 2 is 1.94 bits per heavy atom. The van der Waals surface area contributed by atoms with Gasteiger partial charge in [-0.25, -0.2) is 14.7 Å². The molecule has 1 aromatic heterocycles. The first-order chi connectivity index (χ1) is 16.8. The molecule has 0 radical (unpaired) electrons. The summed E-state index contributed by atoms with van der Waals surface area (Å²) in [5.74, 6) is 0.161. The lowest BCUT2D eigenvalue weighted by Crippen LogP contribution is -2.58. The smallest absolute Gasteiger partial charge is 0.328 e. The predicted molar refractivity (Wildman–Crippen MR) is 140 cm³/mol. The Morgan fingerprint density at radius 1 is 1.17 bits per heavy atom. The Labute approximate surface area is 208 Å². The Kier molecular flexibility index (Phi) is 7.72. The number of carbonyl (C=O) groups is 2. The highest BCUT2D eigenvalue weighted by molar-refractivity contribution is 6.16. The maximum absolute atomic E-state index is 13.8. The van der Waals surface area contributed by atoms with E-state index in [4.69, 9.17) is 0 Å². The van der Waals surface area contributed by atoms with Crippen LogP contribution in [0.1, 0.15) is 57.3 Å². The van der Waals surface area contributed by atoms with Crippen molar-refractivity contribution in [2.75, 3.05) is 42.9 Å². The van der Waals surface area contributed by atoms with Gasteiger partial charge in [0.2, 0.25) is 0 Å². The fraction of sp³-hybridized carbons (Fsp3) is 0.519. The van der Waals surface area contributed by atoms with E-state index in [0.29, 0.717) is 28.8 Å². The first kappa shape index (κ1) is 25.1. The van der Waals surface area contributed by atoms with Crippen LogP contribution in [0.4, 0.5) is 22.0 Å². The molecule has 2 aliphatic rings. The number of anilines is 3. The number of hydrogen-bond acceptors (Lipinski definition) is 5. The quantitative estimate of drug-likeness (QED) is 0.614. The van der Waals surface area contributed by atoms with E-state index in [1.165, 1.54) is 24.2 Å². The number of piperidine rings is 1. The molecule has 2 N–H and O–H groups in total. The lowest BCUT2D eigenvalue weighted by atomic mass is 9.97. The summed E-state index contributed by atoms with van der Waals surface area (Å²) < 4.78 is 0. The number of pyridine rings is 1. The van der Waals surface area contributed by atoms with Gasteiger partial charge >= 0.3 is 6.03 Å². The number of nitrogens with zero attached hydrogens (tertiary/aromatic N) is 4. The molecule has 1 atom stereocenters. The standard InChI is InChI=1S/C27H38N6O2/c1-5-31(6-2)18-20-12-9-10-17-32(20)19-27(3,4)30-26(35)33-23-15-8-7-13-21(23)25(34)29-22-14-11-16-28-24(22)33/h7-8,11,13-16,20H,5-6,9-10,12,17-19H2,1-4H3,(H,29,34)(H,30,35). The molecule has 2 aliphatic heterocycles. The Bertz CT molecular complexity index is 1050. The molecule has 35 heavy (non-hydrogen) atoms. The highest BCUT2D eigenvalue weighted by Crippen LogP contribution is 2.36. The third-order valence-corrected chi connectivity index (χ3v) is 7.00. The van der Waals surface area contributed by atoms with E-state index >= 15 is 0 Å². The van der Waals surface area contributed by atoms with Crippen LogP contribution in [0.5, 0.6) is 0 Å². The van der Waals surface area contributed by atoms with E-state index < -0.39 is 5.54 Å². The van der Waals surface area contributed by atoms with Crippen molar-refractivity contribution in [2.45, 2.75) is 58.5 Å². The summed E-state index contributed by atoms with van der Waals surface area (Å²) in [6.45, 7) is 13.5. The topological polar surface area (TPSA) is 80.8 Å². The van der Waals surface area contributed by atoms with Crippen LogP contribution in [-0.2, 0) is 0 Å². The van der Waals surface area contributed by atoms with E-state index in [2.05, 4.69) is 53.1 Å². The van der Waals surface area contributed by atoms with Crippen molar-refractivity contribution in [3.05, 3.63) is 48.2 Å². The summed E-state index contributed by atoms with van der Waals surface area (Å²) in [6.07, 6.45) is 5.26. The molecule has 1 aromatic carbocycles. The lowest BCUT2D eigenvalue weighted by Gasteiger charge is -2.43. The average molecular weight is 479 g/mol. The maximum Gasteiger partial charge on any atom is 0.328 e. The van der Waals surface area contributed by atoms with Crippen LogP contribution in [0.25, 0.3) is 0 Å². The maximum atomic E-state index is 13.8. The number of nitrogens with one attached hydrogen (secondary N) is 2. The Balaban J connectivity index is 1.57. The summed E-state index contributed by atoms with van der Waals surface area (Å²) in [5.41, 5.74) is 0.989. The Hall–Kier alpha value is -2.97. The number of amides is 3. The first-order valence-electron chi connectivity index (χ1n) is 12.8. The number of likely N-dealkylation sites (tertiary alicyclic amines) is 1. The summed E-state index contributed by atoms with van der Waals surface area (Å²) in [6, 6.07) is 10.9. The molecule has 0 bridgehead atoms. The fourth-order valence-corrected chi connectivity index (χ4v) is 5.19. The van der Waals surface area contributed by atoms with Crippen molar-refractivity contribution in [1.29, 1.82) is 0 Å². The summed E-state index contributed by atoms with van der Waals surface area (Å²) in [4.78, 5) is 37.7. The fourth-order valence-electron chi connectivity index (χ4n) is 5.19. The molecule has 1 unspecified atom stereocenters.